The van der Waals surface area contributed by atoms with Crippen LogP contribution in [0.5, 0.6) is 0 Å². The van der Waals surface area contributed by atoms with Gasteiger partial charge in [0.2, 0.25) is 0 Å². The molecule has 0 bridgehead atoms. The Morgan fingerprint density at radius 3 is 2.94 bits per heavy atom. The normalized spacial score (nSPS) is 9.56. The lowest BCUT2D eigenvalue weighted by atomic mass is 10.1. The van der Waals surface area contributed by atoms with Gasteiger partial charge in [0.05, 0.1) is 7.11 Å². The molecule has 2 N–H and O–H groups in total. The summed E-state index contributed by atoms with van der Waals surface area (Å²) in [5.74, 6) is -0.519. The van der Waals surface area contributed by atoms with Crippen LogP contribution in [0.4, 0.5) is 10.6 Å². The van der Waals surface area contributed by atoms with Gasteiger partial charge in [0.15, 0.2) is 0 Å². The van der Waals surface area contributed by atoms with Crippen LogP contribution in [0, 0.1) is 0 Å². The van der Waals surface area contributed by atoms with E-state index in [0.29, 0.717) is 12.2 Å². The van der Waals surface area contributed by atoms with Crippen molar-refractivity contribution in [3.05, 3.63) is 23.9 Å². The highest BCUT2D eigenvalue weighted by molar-refractivity contribution is 5.83. The molecule has 6 heteroatoms. The van der Waals surface area contributed by atoms with E-state index in [-0.39, 0.29) is 6.42 Å². The number of carboxylic acid groups (broad SMARTS) is 1. The molecule has 0 aromatic carbocycles. The average molecular weight is 224 g/mol. The van der Waals surface area contributed by atoms with Crippen LogP contribution in [-0.4, -0.2) is 29.3 Å². The third kappa shape index (κ3) is 3.95. The van der Waals surface area contributed by atoms with Crippen molar-refractivity contribution in [2.45, 2.75) is 12.8 Å². The second kappa shape index (κ2) is 5.69. The average Bonchev–Trinajstić information content (AvgIpc) is 2.26. The summed E-state index contributed by atoms with van der Waals surface area (Å²) in [6.45, 7) is 0. The number of aromatic nitrogens is 1. The molecule has 1 amide bonds. The van der Waals surface area contributed by atoms with Gasteiger partial charge in [-0.25, -0.2) is 9.78 Å². The number of carboxylic acids is 1. The molecule has 16 heavy (non-hydrogen) atoms. The molecule has 0 saturated carbocycles. The minimum Gasteiger partial charge on any atom is -0.481 e. The third-order valence-corrected chi connectivity index (χ3v) is 1.87. The zero-order chi connectivity index (χ0) is 12.0. The molecule has 1 aromatic rings. The molecule has 86 valence electrons. The lowest BCUT2D eigenvalue weighted by Crippen LogP contribution is -2.12. The van der Waals surface area contributed by atoms with E-state index in [0.717, 1.165) is 5.56 Å². The summed E-state index contributed by atoms with van der Waals surface area (Å²) < 4.78 is 4.41. The predicted molar refractivity (Wildman–Crippen MR) is 56.2 cm³/mol. The number of nitrogens with zero attached hydrogens (tertiary/aromatic N) is 1. The molecular weight excluding hydrogens is 212 g/mol. The van der Waals surface area contributed by atoms with Crippen molar-refractivity contribution in [2.75, 3.05) is 12.4 Å². The first kappa shape index (κ1) is 12.0. The number of hydrogen-bond acceptors (Lipinski definition) is 4. The summed E-state index contributed by atoms with van der Waals surface area (Å²) in [7, 11) is 1.25. The number of carbonyl (C=O) groups excluding carboxylic acids is 1. The van der Waals surface area contributed by atoms with E-state index in [1.54, 1.807) is 12.1 Å². The molecule has 0 unspecified atom stereocenters. The second-order valence-corrected chi connectivity index (χ2v) is 3.06. The number of hydrogen-bond donors (Lipinski definition) is 2. The Kier molecular flexibility index (Phi) is 4.26. The van der Waals surface area contributed by atoms with E-state index in [2.05, 4.69) is 15.0 Å². The number of methoxy groups -OCH3 is 1. The van der Waals surface area contributed by atoms with Crippen LogP contribution in [0.3, 0.4) is 0 Å². The first-order valence-electron chi connectivity index (χ1n) is 4.63. The maximum atomic E-state index is 10.9. The van der Waals surface area contributed by atoms with Crippen molar-refractivity contribution in [3.63, 3.8) is 0 Å². The van der Waals surface area contributed by atoms with Crippen LogP contribution in [0.25, 0.3) is 0 Å². The van der Waals surface area contributed by atoms with Gasteiger partial charge < -0.3 is 9.84 Å². The van der Waals surface area contributed by atoms with Gasteiger partial charge in [-0.3, -0.25) is 10.1 Å². The van der Waals surface area contributed by atoms with Crippen molar-refractivity contribution in [1.82, 2.24) is 4.98 Å². The summed E-state index contributed by atoms with van der Waals surface area (Å²) in [6, 6.07) is 3.31. The lowest BCUT2D eigenvalue weighted by molar-refractivity contribution is -0.136. The number of ether oxygens (including phenoxy) is 1. The molecule has 0 atom stereocenters. The zero-order valence-corrected chi connectivity index (χ0v) is 8.77. The number of anilines is 1. The van der Waals surface area contributed by atoms with Crippen LogP contribution >= 0.6 is 0 Å². The molecule has 0 spiro atoms. The maximum absolute atomic E-state index is 10.9. The summed E-state index contributed by atoms with van der Waals surface area (Å²) in [5.41, 5.74) is 0.795. The quantitative estimate of drug-likeness (QED) is 0.804. The Labute approximate surface area is 92.3 Å². The van der Waals surface area contributed by atoms with Crippen molar-refractivity contribution >= 4 is 17.9 Å². The van der Waals surface area contributed by atoms with Crippen LogP contribution in [0.2, 0.25) is 0 Å². The number of nitrogens with one attached hydrogen (secondary N) is 1. The Morgan fingerprint density at radius 1 is 1.56 bits per heavy atom. The van der Waals surface area contributed by atoms with Gasteiger partial charge >= 0.3 is 12.1 Å². The van der Waals surface area contributed by atoms with Gasteiger partial charge in [-0.1, -0.05) is 0 Å². The highest BCUT2D eigenvalue weighted by Gasteiger charge is 2.04. The SMILES string of the molecule is COC(=O)Nc1cc(CCC(=O)O)ccn1. The van der Waals surface area contributed by atoms with Gasteiger partial charge in [0, 0.05) is 12.6 Å². The van der Waals surface area contributed by atoms with E-state index < -0.39 is 12.1 Å². The van der Waals surface area contributed by atoms with E-state index in [1.807, 2.05) is 0 Å². The molecule has 0 saturated heterocycles. The van der Waals surface area contributed by atoms with Gasteiger partial charge in [0.25, 0.3) is 0 Å². The molecule has 0 fully saturated rings. The van der Waals surface area contributed by atoms with Gasteiger partial charge in [-0.05, 0) is 24.1 Å². The molecule has 0 aliphatic heterocycles. The molecular formula is C10H12N2O4. The van der Waals surface area contributed by atoms with Gasteiger partial charge in [-0.15, -0.1) is 0 Å². The Bertz CT molecular complexity index is 392. The number of aliphatic carboxylic acids is 1. The van der Waals surface area contributed by atoms with Crippen molar-refractivity contribution < 1.29 is 19.4 Å². The summed E-state index contributed by atoms with van der Waals surface area (Å²) in [4.78, 5) is 25.2. The number of amides is 1. The second-order valence-electron chi connectivity index (χ2n) is 3.06. The number of pyridine rings is 1. The molecule has 0 radical (unpaired) electrons. The van der Waals surface area contributed by atoms with E-state index >= 15 is 0 Å². The zero-order valence-electron chi connectivity index (χ0n) is 8.77. The fourth-order valence-corrected chi connectivity index (χ4v) is 1.11. The summed E-state index contributed by atoms with van der Waals surface area (Å²) in [5, 5.41) is 10.9. The standard InChI is InChI=1S/C10H12N2O4/c1-16-10(15)12-8-6-7(4-5-11-8)2-3-9(13)14/h4-6H,2-3H2,1H3,(H,13,14)(H,11,12,15). The van der Waals surface area contributed by atoms with Crippen molar-refractivity contribution in [2.24, 2.45) is 0 Å². The maximum Gasteiger partial charge on any atom is 0.412 e. The van der Waals surface area contributed by atoms with Crippen LogP contribution < -0.4 is 5.32 Å². The molecule has 1 rings (SSSR count). The summed E-state index contributed by atoms with van der Waals surface area (Å²) >= 11 is 0. The van der Waals surface area contributed by atoms with Gasteiger partial charge in [-0.2, -0.15) is 0 Å². The predicted octanol–water partition coefficient (Wildman–Crippen LogP) is 1.28. The smallest absolute Gasteiger partial charge is 0.412 e. The molecule has 1 heterocycles. The first-order valence-corrected chi connectivity index (χ1v) is 4.63. The third-order valence-electron chi connectivity index (χ3n) is 1.87. The lowest BCUT2D eigenvalue weighted by Gasteiger charge is -2.04. The molecule has 0 aliphatic carbocycles. The molecule has 1 aromatic heterocycles. The molecule has 0 aliphatic rings. The fraction of sp³-hybridized carbons (Fsp3) is 0.300. The van der Waals surface area contributed by atoms with E-state index in [1.165, 1.54) is 13.3 Å². The van der Waals surface area contributed by atoms with Gasteiger partial charge in [0.1, 0.15) is 5.82 Å². The van der Waals surface area contributed by atoms with Crippen molar-refractivity contribution in [1.29, 1.82) is 0 Å². The topological polar surface area (TPSA) is 88.5 Å². The first-order chi connectivity index (χ1) is 7.61. The minimum atomic E-state index is -0.862. The number of aryl methyl sites for hydroxylation is 1. The Balaban J connectivity index is 2.63. The summed E-state index contributed by atoms with van der Waals surface area (Å²) in [6.07, 6.45) is 1.33. The largest absolute Gasteiger partial charge is 0.481 e. The highest BCUT2D eigenvalue weighted by Crippen LogP contribution is 2.09. The van der Waals surface area contributed by atoms with E-state index in [9.17, 15) is 9.59 Å². The number of rotatable bonds is 4. The Morgan fingerprint density at radius 2 is 2.31 bits per heavy atom. The number of carbonyl (C=O) groups is 2. The fourth-order valence-electron chi connectivity index (χ4n) is 1.11. The van der Waals surface area contributed by atoms with Crippen LogP contribution in [0.1, 0.15) is 12.0 Å². The Hall–Kier alpha value is -2.11. The van der Waals surface area contributed by atoms with Crippen LogP contribution in [0.15, 0.2) is 18.3 Å². The van der Waals surface area contributed by atoms with Crippen molar-refractivity contribution in [3.8, 4) is 0 Å². The van der Waals surface area contributed by atoms with Crippen LogP contribution in [-0.2, 0) is 16.0 Å². The highest BCUT2D eigenvalue weighted by atomic mass is 16.5. The minimum absolute atomic E-state index is 0.0433. The monoisotopic (exact) mass is 224 g/mol. The van der Waals surface area contributed by atoms with E-state index in [4.69, 9.17) is 5.11 Å². The molecule has 6 nitrogen and oxygen atoms in total.